The van der Waals surface area contributed by atoms with Crippen LogP contribution in [-0.2, 0) is 25.7 Å². The Morgan fingerprint density at radius 2 is 2.07 bits per heavy atom. The summed E-state index contributed by atoms with van der Waals surface area (Å²) < 4.78 is 68.7. The minimum absolute atomic E-state index is 0.00130. The molecule has 2 aromatic heterocycles. The first-order valence-corrected chi connectivity index (χ1v) is 9.09. The van der Waals surface area contributed by atoms with Crippen LogP contribution in [-0.4, -0.2) is 27.5 Å². The van der Waals surface area contributed by atoms with Crippen LogP contribution in [0.15, 0.2) is 30.1 Å². The molecule has 1 unspecified atom stereocenters. The molecule has 150 valence electrons. The molecule has 4 nitrogen and oxygen atoms in total. The van der Waals surface area contributed by atoms with Crippen molar-refractivity contribution in [3.05, 3.63) is 52.8 Å². The van der Waals surface area contributed by atoms with Crippen molar-refractivity contribution in [3.8, 4) is 0 Å². The van der Waals surface area contributed by atoms with Crippen LogP contribution in [0.1, 0.15) is 36.0 Å². The summed E-state index contributed by atoms with van der Waals surface area (Å²) in [5.74, 6) is -0.217. The molecule has 28 heavy (non-hydrogen) atoms. The summed E-state index contributed by atoms with van der Waals surface area (Å²) in [6.07, 6.45) is -2.56. The smallest absolute Gasteiger partial charge is 0.358 e. The largest absolute Gasteiger partial charge is 0.435 e. The van der Waals surface area contributed by atoms with E-state index < -0.39 is 23.9 Å². The number of anilines is 1. The van der Waals surface area contributed by atoms with E-state index in [0.29, 0.717) is 37.6 Å². The van der Waals surface area contributed by atoms with E-state index in [2.05, 4.69) is 10.1 Å². The molecule has 0 bridgehead atoms. The highest BCUT2D eigenvalue weighted by Crippen LogP contribution is 2.36. The topological polar surface area (TPSA) is 36.9 Å². The van der Waals surface area contributed by atoms with Gasteiger partial charge < -0.3 is 9.88 Å². The molecule has 0 fully saturated rings. The average molecular weight is 398 g/mol. The zero-order valence-electron chi connectivity index (χ0n) is 15.2. The number of aromatic amines is 1. The Morgan fingerprint density at radius 3 is 2.75 bits per heavy atom. The number of aryl methyl sites for hydroxylation is 1. The summed E-state index contributed by atoms with van der Waals surface area (Å²) in [7, 11) is 0. The quantitative estimate of drug-likeness (QED) is 0.755. The molecule has 4 rings (SSSR count). The lowest BCUT2D eigenvalue weighted by molar-refractivity contribution is -0.141. The summed E-state index contributed by atoms with van der Waals surface area (Å²) >= 11 is 0. The van der Waals surface area contributed by atoms with Crippen molar-refractivity contribution in [2.24, 2.45) is 0 Å². The number of halogens is 5. The lowest BCUT2D eigenvalue weighted by Crippen LogP contribution is -2.31. The zero-order valence-corrected chi connectivity index (χ0v) is 15.2. The van der Waals surface area contributed by atoms with E-state index in [9.17, 15) is 22.0 Å². The first kappa shape index (κ1) is 18.8. The Bertz CT molecular complexity index is 950. The van der Waals surface area contributed by atoms with Crippen molar-refractivity contribution in [1.82, 2.24) is 14.8 Å². The third kappa shape index (κ3) is 3.22. The van der Waals surface area contributed by atoms with Crippen LogP contribution in [0.2, 0.25) is 0 Å². The number of fused-ring (bicyclic) bond motifs is 1. The lowest BCUT2D eigenvalue weighted by Gasteiger charge is -2.28. The number of alkyl halides is 4. The predicted octanol–water partition coefficient (Wildman–Crippen LogP) is 4.79. The summed E-state index contributed by atoms with van der Waals surface area (Å²) in [5, 5.41) is 3.66. The van der Waals surface area contributed by atoms with Crippen LogP contribution in [0.5, 0.6) is 0 Å². The Balaban J connectivity index is 1.64. The highest BCUT2D eigenvalue weighted by atomic mass is 19.4. The molecule has 2 aliphatic rings. The molecule has 2 aromatic rings. The third-order valence-electron chi connectivity index (χ3n) is 5.13. The molecular weight excluding hydrogens is 379 g/mol. The standard InChI is InChI=1S/C19H19F5N4/c1-2-28-17(9-16(26-28)19(22,23)24)27-7-6-14-11(10-27)8-15(25-14)18-12(20)4-3-5-13(18)21/h3-4,8-9,13,25H,2,5-7,10H2,1H3. The maximum Gasteiger partial charge on any atom is 0.435 e. The average Bonchev–Trinajstić information content (AvgIpc) is 3.24. The molecule has 1 N–H and O–H groups in total. The number of H-pyrrole nitrogens is 1. The molecule has 0 aromatic carbocycles. The van der Waals surface area contributed by atoms with Gasteiger partial charge in [0.25, 0.3) is 0 Å². The summed E-state index contributed by atoms with van der Waals surface area (Å²) in [6, 6.07) is 2.74. The number of rotatable bonds is 3. The molecule has 0 radical (unpaired) electrons. The SMILES string of the molecule is CCn1nc(C(F)(F)F)cc1N1CCc2[nH]c(C3=C(F)C=CCC3F)cc2C1. The maximum atomic E-state index is 14.2. The van der Waals surface area contributed by atoms with E-state index in [-0.39, 0.29) is 12.0 Å². The van der Waals surface area contributed by atoms with Gasteiger partial charge in [-0.15, -0.1) is 0 Å². The van der Waals surface area contributed by atoms with Crippen molar-refractivity contribution >= 4 is 11.4 Å². The fraction of sp³-hybridized carbons (Fsp3) is 0.421. The number of allylic oxidation sites excluding steroid dienone is 4. The maximum absolute atomic E-state index is 14.2. The van der Waals surface area contributed by atoms with Crippen LogP contribution in [0.4, 0.5) is 27.8 Å². The van der Waals surface area contributed by atoms with Gasteiger partial charge >= 0.3 is 6.18 Å². The van der Waals surface area contributed by atoms with Crippen molar-refractivity contribution in [2.45, 2.75) is 45.2 Å². The lowest BCUT2D eigenvalue weighted by atomic mass is 9.99. The second-order valence-corrected chi connectivity index (χ2v) is 6.93. The van der Waals surface area contributed by atoms with Crippen LogP contribution < -0.4 is 4.90 Å². The fourth-order valence-electron chi connectivity index (χ4n) is 3.75. The highest BCUT2D eigenvalue weighted by molar-refractivity contribution is 5.72. The molecule has 0 amide bonds. The number of nitrogens with one attached hydrogen (secondary N) is 1. The van der Waals surface area contributed by atoms with E-state index in [1.807, 2.05) is 4.90 Å². The van der Waals surface area contributed by atoms with Crippen LogP contribution in [0.25, 0.3) is 5.57 Å². The second-order valence-electron chi connectivity index (χ2n) is 6.93. The van der Waals surface area contributed by atoms with E-state index in [4.69, 9.17) is 0 Å². The summed E-state index contributed by atoms with van der Waals surface area (Å²) in [5.41, 5.74) is 1.14. The molecule has 0 saturated carbocycles. The Morgan fingerprint density at radius 1 is 1.29 bits per heavy atom. The predicted molar refractivity (Wildman–Crippen MR) is 95.1 cm³/mol. The molecule has 9 heteroatoms. The monoisotopic (exact) mass is 398 g/mol. The van der Waals surface area contributed by atoms with Gasteiger partial charge in [0.1, 0.15) is 17.8 Å². The second kappa shape index (κ2) is 6.79. The van der Waals surface area contributed by atoms with Gasteiger partial charge in [-0.05, 0) is 24.6 Å². The number of hydrogen-bond acceptors (Lipinski definition) is 2. The van der Waals surface area contributed by atoms with Crippen LogP contribution in [0, 0.1) is 0 Å². The Kier molecular flexibility index (Phi) is 4.55. The van der Waals surface area contributed by atoms with Crippen LogP contribution >= 0.6 is 0 Å². The van der Waals surface area contributed by atoms with Gasteiger partial charge in [0.05, 0.1) is 0 Å². The van der Waals surface area contributed by atoms with Crippen molar-refractivity contribution in [2.75, 3.05) is 11.4 Å². The highest BCUT2D eigenvalue weighted by Gasteiger charge is 2.36. The first-order valence-electron chi connectivity index (χ1n) is 9.09. The van der Waals surface area contributed by atoms with Gasteiger partial charge in [-0.1, -0.05) is 6.08 Å². The van der Waals surface area contributed by atoms with Crippen molar-refractivity contribution in [3.63, 3.8) is 0 Å². The third-order valence-corrected chi connectivity index (χ3v) is 5.13. The van der Waals surface area contributed by atoms with Gasteiger partial charge in [-0.2, -0.15) is 18.3 Å². The van der Waals surface area contributed by atoms with Gasteiger partial charge in [0.2, 0.25) is 0 Å². The Hall–Kier alpha value is -2.58. The van der Waals surface area contributed by atoms with Crippen molar-refractivity contribution in [1.29, 1.82) is 0 Å². The van der Waals surface area contributed by atoms with Gasteiger partial charge in [0, 0.05) is 55.5 Å². The fourth-order valence-corrected chi connectivity index (χ4v) is 3.75. The normalized spacial score (nSPS) is 20.1. The Labute approximate surface area is 158 Å². The minimum atomic E-state index is -4.51. The molecule has 0 spiro atoms. The molecule has 1 aliphatic heterocycles. The van der Waals surface area contributed by atoms with Gasteiger partial charge in [0.15, 0.2) is 5.69 Å². The van der Waals surface area contributed by atoms with E-state index in [1.165, 1.54) is 16.8 Å². The molecular formula is C19H19F5N4. The number of aromatic nitrogens is 3. The van der Waals surface area contributed by atoms with E-state index >= 15 is 0 Å². The zero-order chi connectivity index (χ0) is 20.1. The molecule has 1 aliphatic carbocycles. The summed E-state index contributed by atoms with van der Waals surface area (Å²) in [4.78, 5) is 4.90. The minimum Gasteiger partial charge on any atom is -0.358 e. The van der Waals surface area contributed by atoms with Gasteiger partial charge in [-0.25, -0.2) is 13.5 Å². The van der Waals surface area contributed by atoms with Crippen molar-refractivity contribution < 1.29 is 22.0 Å². The van der Waals surface area contributed by atoms with Crippen LogP contribution in [0.3, 0.4) is 0 Å². The molecule has 3 heterocycles. The van der Waals surface area contributed by atoms with E-state index in [1.54, 1.807) is 13.0 Å². The first-order chi connectivity index (χ1) is 13.3. The molecule has 1 atom stereocenters. The molecule has 0 saturated heterocycles. The van der Waals surface area contributed by atoms with Gasteiger partial charge in [-0.3, -0.25) is 0 Å². The van der Waals surface area contributed by atoms with E-state index in [0.717, 1.165) is 17.3 Å². The number of hydrogen-bond donors (Lipinski definition) is 1. The number of nitrogens with zero attached hydrogens (tertiary/aromatic N) is 3. The summed E-state index contributed by atoms with van der Waals surface area (Å²) in [6.45, 7) is 2.86.